The van der Waals surface area contributed by atoms with Gasteiger partial charge in [-0.2, -0.15) is 5.10 Å². The number of ether oxygens (including phenoxy) is 2. The number of amides is 2. The average Bonchev–Trinajstić information content (AvgIpc) is 1.57. The summed E-state index contributed by atoms with van der Waals surface area (Å²) < 4.78 is 29.9. The highest BCUT2D eigenvalue weighted by Crippen LogP contribution is 2.37. The van der Waals surface area contributed by atoms with Crippen LogP contribution in [0.15, 0.2) is 48.7 Å². The lowest BCUT2D eigenvalue weighted by atomic mass is 9.95. The van der Waals surface area contributed by atoms with Crippen LogP contribution < -0.4 is 14.8 Å². The third kappa shape index (κ3) is 80.0. The molecule has 2 aliphatic rings. The predicted octanol–water partition coefficient (Wildman–Crippen LogP) is 45.7. The van der Waals surface area contributed by atoms with Gasteiger partial charge in [-0.25, -0.2) is 4.39 Å². The number of halogens is 1. The van der Waals surface area contributed by atoms with Gasteiger partial charge in [0.25, 0.3) is 11.8 Å². The summed E-state index contributed by atoms with van der Waals surface area (Å²) >= 11 is 0. The molecule has 2 heterocycles. The van der Waals surface area contributed by atoms with Crippen LogP contribution in [0.2, 0.25) is 0 Å². The first-order valence-corrected chi connectivity index (χ1v) is 65.8. The molecule has 144 heavy (non-hydrogen) atoms. The molecule has 2 N–H and O–H groups in total. The summed E-state index contributed by atoms with van der Waals surface area (Å²) in [7, 11) is 1.77. The van der Waals surface area contributed by atoms with Crippen LogP contribution in [-0.2, 0) is 7.05 Å². The highest BCUT2D eigenvalue weighted by molar-refractivity contribution is 6.04. The summed E-state index contributed by atoms with van der Waals surface area (Å²) in [5, 5.41) is 16.8. The smallest absolute Gasteiger partial charge is 0.257 e. The molecular weight excluding hydrogens is 1760 g/mol. The lowest BCUT2D eigenvalue weighted by molar-refractivity contribution is 0.0723. The Labute approximate surface area is 894 Å². The first-order chi connectivity index (χ1) is 71.3. The number of aliphatic hydroxyl groups is 1. The van der Waals surface area contributed by atoms with Crippen molar-refractivity contribution in [1.29, 1.82) is 0 Å². The van der Waals surface area contributed by atoms with Crippen LogP contribution in [0.1, 0.15) is 734 Å². The minimum atomic E-state index is -0.654. The Morgan fingerprint density at radius 2 is 0.528 bits per heavy atom. The van der Waals surface area contributed by atoms with Crippen LogP contribution in [0.25, 0.3) is 0 Å². The number of rotatable bonds is 8. The van der Waals surface area contributed by atoms with Crippen molar-refractivity contribution in [2.75, 3.05) is 18.5 Å². The topological polar surface area (TPSA) is 106 Å². The van der Waals surface area contributed by atoms with E-state index in [1.165, 1.54) is 699 Å². The van der Waals surface area contributed by atoms with Crippen LogP contribution in [0.3, 0.4) is 0 Å². The van der Waals surface area contributed by atoms with Crippen molar-refractivity contribution in [3.05, 3.63) is 65.6 Å². The SMILES string of the molecule is C[C@@H](CO)Oc1cc(Oc2ccc(C(=O)N3CC4CCCCCCCCCCCCCCCCCCCCCCCCCCCCCCCCCCCCCCCCCCCCCCCCCCCCCCCCCCCCCCCCCCCCCCCCCCCCCCCCCCCCCCCCCCCCCCCCCCCCCCCCCCCCCC3C4)cc2F)cc(C(=O)Nc2ccn(C)n2)c1. The van der Waals surface area contributed by atoms with Gasteiger partial charge in [0.15, 0.2) is 17.4 Å². The summed E-state index contributed by atoms with van der Waals surface area (Å²) in [6.45, 7) is 2.21. The third-order valence-corrected chi connectivity index (χ3v) is 33.5. The molecule has 1 saturated heterocycles. The molecule has 1 aliphatic carbocycles. The number of hydrogen-bond acceptors (Lipinski definition) is 6. The van der Waals surface area contributed by atoms with Crippen molar-refractivity contribution in [1.82, 2.24) is 14.7 Å². The van der Waals surface area contributed by atoms with Gasteiger partial charge in [-0.3, -0.25) is 14.3 Å². The van der Waals surface area contributed by atoms with Crippen LogP contribution >= 0.6 is 0 Å². The van der Waals surface area contributed by atoms with Gasteiger partial charge in [0.05, 0.1) is 6.61 Å². The highest BCUT2D eigenvalue weighted by atomic mass is 19.1. The first kappa shape index (κ1) is 131. The van der Waals surface area contributed by atoms with E-state index in [1.54, 1.807) is 49.1 Å². The van der Waals surface area contributed by atoms with E-state index in [2.05, 4.69) is 15.3 Å². The normalized spacial score (nSPS) is 22.7. The minimum Gasteiger partial charge on any atom is -0.488 e. The van der Waals surface area contributed by atoms with E-state index in [1.807, 2.05) is 0 Å². The average molecular weight is 2010 g/mol. The number of fused-ring (bicyclic) bond motifs is 2. The molecule has 1 saturated carbocycles. The second-order valence-electron chi connectivity index (χ2n) is 47.5. The van der Waals surface area contributed by atoms with E-state index >= 15 is 4.39 Å². The predicted molar refractivity (Wildman–Crippen MR) is 627 cm³/mol. The van der Waals surface area contributed by atoms with Gasteiger partial charge in [-0.05, 0) is 62.4 Å². The highest BCUT2D eigenvalue weighted by Gasteiger charge is 2.35. The molecule has 0 radical (unpaired) electrons. The standard InChI is InChI=1S/C134H243FN4O5/c1-123(122-140)143-128-117-126(133(141)136-132-114-115-138(2)137-132)118-129(120-128)144-131-113-112-125(119-130(131)135)134(142)139-121-124-110-108-106-104-102-100-98-96-94-92-90-88-86-84-82-80-78-76-74-72-70-68-66-64-62-60-58-56-54-52-50-48-46-44-42-40-38-36-34-32-30-28-26-24-22-20-18-16-14-12-10-8-6-4-3-5-7-9-11-13-15-17-19-21-23-25-27-29-31-33-35-37-39-41-43-45-47-49-51-53-55-57-59-61-63-65-67-69-71-73-75-77-79-81-83-85-87-89-91-93-95-97-99-101-103-105-107-109-111-127(139)116-124/h112-115,117-120,123-124,127,140H,3-111,116,121-122H2,1-2H3,(H,136,137,141)/t123-,124?,127?/m0/s1. The summed E-state index contributed by atoms with van der Waals surface area (Å²) in [4.78, 5) is 30.1. The summed E-state index contributed by atoms with van der Waals surface area (Å²) in [5.41, 5.74) is 0.544. The zero-order chi connectivity index (χ0) is 102. The Bertz CT molecular complexity index is 3160. The number of hydrogen-bond donors (Lipinski definition) is 2. The summed E-state index contributed by atoms with van der Waals surface area (Å²) in [6.07, 6.45) is 159. The van der Waals surface area contributed by atoms with Gasteiger partial charge < -0.3 is 24.8 Å². The monoisotopic (exact) mass is 2010 g/mol. The number of aromatic nitrogens is 2. The Morgan fingerprint density at radius 3 is 0.743 bits per heavy atom. The van der Waals surface area contributed by atoms with E-state index in [4.69, 9.17) is 9.47 Å². The fraction of sp³-hybridized carbons (Fsp3) is 0.873. The maximum atomic E-state index is 16.3. The van der Waals surface area contributed by atoms with Gasteiger partial charge in [0, 0.05) is 49.1 Å². The number of benzene rings is 2. The van der Waals surface area contributed by atoms with Crippen molar-refractivity contribution < 1.29 is 28.6 Å². The Morgan fingerprint density at radius 1 is 0.306 bits per heavy atom. The Balaban J connectivity index is 0.879. The van der Waals surface area contributed by atoms with E-state index in [9.17, 15) is 14.7 Å². The van der Waals surface area contributed by atoms with Crippen molar-refractivity contribution in [2.24, 2.45) is 13.0 Å². The number of carbonyl (C=O) groups excluding carboxylic acids is 2. The molecule has 9 nitrogen and oxygen atoms in total. The van der Waals surface area contributed by atoms with Gasteiger partial charge in [-0.1, -0.05) is 687 Å². The second kappa shape index (κ2) is 101. The van der Waals surface area contributed by atoms with E-state index < -0.39 is 17.8 Å². The lowest BCUT2D eigenvalue weighted by Crippen LogP contribution is -2.35. The molecule has 1 aliphatic heterocycles. The van der Waals surface area contributed by atoms with E-state index in [0.717, 1.165) is 32.2 Å². The molecule has 10 heteroatoms. The zero-order valence-corrected chi connectivity index (χ0v) is 96.3. The second-order valence-corrected chi connectivity index (χ2v) is 47.5. The van der Waals surface area contributed by atoms with Crippen LogP contribution in [0.4, 0.5) is 10.2 Å². The molecule has 1 aromatic heterocycles. The fourth-order valence-electron chi connectivity index (χ4n) is 23.9. The molecule has 0 spiro atoms. The Hall–Kier alpha value is -3.92. The van der Waals surface area contributed by atoms with Crippen molar-refractivity contribution in [3.63, 3.8) is 0 Å². The zero-order valence-electron chi connectivity index (χ0n) is 96.3. The Kier molecular flexibility index (Phi) is 91.5. The minimum absolute atomic E-state index is 0.0627. The van der Waals surface area contributed by atoms with Crippen LogP contribution in [-0.4, -0.2) is 56.9 Å². The molecule has 836 valence electrons. The molecule has 2 fully saturated rings. The van der Waals surface area contributed by atoms with Crippen LogP contribution in [0, 0.1) is 11.7 Å². The third-order valence-electron chi connectivity index (χ3n) is 33.5. The number of likely N-dealkylation sites (tertiary alicyclic amines) is 1. The molecule has 3 atom stereocenters. The number of aryl methyl sites for hydroxylation is 1. The molecular formula is C134H243FN4O5. The van der Waals surface area contributed by atoms with Crippen molar-refractivity contribution in [3.8, 4) is 17.2 Å². The molecule has 2 bridgehead atoms. The molecule has 2 amide bonds. The number of nitrogens with one attached hydrogen (secondary N) is 1. The number of nitrogens with zero attached hydrogens (tertiary/aromatic N) is 3. The van der Waals surface area contributed by atoms with Gasteiger partial charge in [0.1, 0.15) is 17.6 Å². The van der Waals surface area contributed by atoms with Gasteiger partial charge in [0.2, 0.25) is 0 Å². The summed E-state index contributed by atoms with van der Waals surface area (Å²) in [6, 6.07) is 11.0. The maximum absolute atomic E-state index is 16.3. The van der Waals surface area contributed by atoms with E-state index in [-0.39, 0.29) is 41.4 Å². The molecule has 3 aromatic rings. The number of carbonyl (C=O) groups is 2. The van der Waals surface area contributed by atoms with Gasteiger partial charge in [-0.15, -0.1) is 0 Å². The molecule has 2 unspecified atom stereocenters. The fourth-order valence-corrected chi connectivity index (χ4v) is 23.9. The number of anilines is 1. The van der Waals surface area contributed by atoms with Gasteiger partial charge >= 0.3 is 0 Å². The molecule has 2 aromatic carbocycles. The molecule has 5 rings (SSSR count). The largest absolute Gasteiger partial charge is 0.488 e. The summed E-state index contributed by atoms with van der Waals surface area (Å²) in [5.74, 6) is 0.0386. The van der Waals surface area contributed by atoms with E-state index in [0.29, 0.717) is 17.3 Å². The number of aliphatic hydroxyl groups excluding tert-OH is 1. The van der Waals surface area contributed by atoms with Crippen molar-refractivity contribution >= 4 is 17.6 Å². The quantitative estimate of drug-likeness (QED) is 0.233. The maximum Gasteiger partial charge on any atom is 0.257 e. The van der Waals surface area contributed by atoms with Crippen LogP contribution in [0.5, 0.6) is 17.2 Å². The first-order valence-electron chi connectivity index (χ1n) is 65.8. The van der Waals surface area contributed by atoms with Crippen molar-refractivity contribution in [2.45, 2.75) is 725 Å². The lowest BCUT2D eigenvalue weighted by Gasteiger charge is -2.25.